The van der Waals surface area contributed by atoms with Gasteiger partial charge in [-0.3, -0.25) is 4.99 Å². The zero-order valence-electron chi connectivity index (χ0n) is 15.0. The largest absolute Gasteiger partial charge is 0.453 e. The third kappa shape index (κ3) is 7.31. The first-order valence-corrected chi connectivity index (χ1v) is 9.03. The number of likely N-dealkylation sites (tertiary alicyclic amines) is 1. The summed E-state index contributed by atoms with van der Waals surface area (Å²) in [7, 11) is 2.99. The molecule has 1 aromatic rings. The molecular weight excluding hydrogens is 498 g/mol. The molecule has 0 unspecified atom stereocenters. The number of rotatable bonds is 4. The third-order valence-corrected chi connectivity index (χ3v) is 4.87. The van der Waals surface area contributed by atoms with Crippen molar-refractivity contribution in [2.45, 2.75) is 31.5 Å². The Morgan fingerprint density at radius 3 is 2.63 bits per heavy atom. The van der Waals surface area contributed by atoms with E-state index in [1.807, 2.05) is 0 Å². The van der Waals surface area contributed by atoms with Gasteiger partial charge in [-0.2, -0.15) is 13.2 Å². The zero-order chi connectivity index (χ0) is 19.2. The van der Waals surface area contributed by atoms with Crippen LogP contribution in [0.4, 0.5) is 18.0 Å². The van der Waals surface area contributed by atoms with Gasteiger partial charge in [0.25, 0.3) is 0 Å². The molecule has 1 aromatic heterocycles. The molecule has 154 valence electrons. The molecule has 0 aromatic carbocycles. The highest BCUT2D eigenvalue weighted by Crippen LogP contribution is 2.29. The lowest BCUT2D eigenvalue weighted by atomic mass is 10.1. The topological polar surface area (TPSA) is 78.9 Å². The van der Waals surface area contributed by atoms with E-state index in [2.05, 4.69) is 20.6 Å². The maximum atomic E-state index is 12.5. The first kappa shape index (κ1) is 23.7. The number of hydrogen-bond acceptors (Lipinski definition) is 5. The first-order chi connectivity index (χ1) is 12.3. The minimum absolute atomic E-state index is 0. The van der Waals surface area contributed by atoms with Gasteiger partial charge in [0.15, 0.2) is 11.7 Å². The van der Waals surface area contributed by atoms with Gasteiger partial charge in [-0.25, -0.2) is 9.78 Å². The van der Waals surface area contributed by atoms with Gasteiger partial charge in [0.05, 0.1) is 12.1 Å². The minimum atomic E-state index is -4.40. The predicted molar refractivity (Wildman–Crippen MR) is 108 cm³/mol. The van der Waals surface area contributed by atoms with Gasteiger partial charge in [-0.15, -0.1) is 35.3 Å². The summed E-state index contributed by atoms with van der Waals surface area (Å²) in [4.78, 5) is 20.8. The van der Waals surface area contributed by atoms with Crippen LogP contribution in [0.2, 0.25) is 0 Å². The molecule has 7 nitrogen and oxygen atoms in total. The molecule has 1 fully saturated rings. The Morgan fingerprint density at radius 1 is 1.44 bits per heavy atom. The molecule has 1 aliphatic heterocycles. The number of ether oxygens (including phenoxy) is 1. The number of guanidine groups is 1. The highest BCUT2D eigenvalue weighted by molar-refractivity contribution is 14.0. The molecule has 2 heterocycles. The minimum Gasteiger partial charge on any atom is -0.453 e. The van der Waals surface area contributed by atoms with E-state index in [0.29, 0.717) is 37.0 Å². The van der Waals surface area contributed by atoms with E-state index in [1.165, 1.54) is 7.11 Å². The summed E-state index contributed by atoms with van der Waals surface area (Å²) in [5, 5.41) is 7.79. The second-order valence-corrected chi connectivity index (χ2v) is 6.69. The number of halogens is 4. The van der Waals surface area contributed by atoms with Crippen molar-refractivity contribution in [2.24, 2.45) is 4.99 Å². The van der Waals surface area contributed by atoms with Crippen LogP contribution in [-0.2, 0) is 17.3 Å². The molecule has 0 saturated carbocycles. The first-order valence-electron chi connectivity index (χ1n) is 8.15. The Balaban J connectivity index is 0.00000364. The summed E-state index contributed by atoms with van der Waals surface area (Å²) < 4.78 is 42.3. The number of alkyl halides is 3. The van der Waals surface area contributed by atoms with Crippen molar-refractivity contribution in [1.29, 1.82) is 0 Å². The number of aliphatic imine (C=N–C) groups is 1. The molecule has 1 amide bonds. The van der Waals surface area contributed by atoms with Crippen molar-refractivity contribution >= 4 is 47.4 Å². The Labute approximate surface area is 176 Å². The fraction of sp³-hybridized carbons (Fsp3) is 0.667. The summed E-state index contributed by atoms with van der Waals surface area (Å²) in [6.07, 6.45) is -2.83. The van der Waals surface area contributed by atoms with Gasteiger partial charge in [-0.1, -0.05) is 0 Å². The zero-order valence-corrected chi connectivity index (χ0v) is 18.2. The van der Waals surface area contributed by atoms with Crippen LogP contribution in [-0.4, -0.2) is 61.8 Å². The van der Waals surface area contributed by atoms with Gasteiger partial charge in [0, 0.05) is 44.5 Å². The van der Waals surface area contributed by atoms with E-state index in [4.69, 9.17) is 4.74 Å². The Kier molecular flexibility index (Phi) is 9.56. The second-order valence-electron chi connectivity index (χ2n) is 5.75. The standard InChI is InChI=1S/C15H22F3N5O2S.HI/c1-19-13(21-10-4-7-23(8-5-10)14(24)25-2)20-6-3-12-22-11(9-26-12)15(16,17)18;/h9-10H,3-8H2,1-2H3,(H2,19,20,21);1H. The number of methoxy groups -OCH3 is 1. The molecule has 0 atom stereocenters. The second kappa shape index (κ2) is 10.9. The van der Waals surface area contributed by atoms with Crippen LogP contribution in [0.5, 0.6) is 0 Å². The molecule has 1 aliphatic rings. The number of carbonyl (C=O) groups excluding carboxylic acids is 1. The molecule has 1 saturated heterocycles. The normalized spacial score (nSPS) is 15.9. The van der Waals surface area contributed by atoms with Crippen molar-refractivity contribution in [2.75, 3.05) is 33.8 Å². The van der Waals surface area contributed by atoms with Crippen molar-refractivity contribution in [3.05, 3.63) is 16.1 Å². The Morgan fingerprint density at radius 2 is 2.11 bits per heavy atom. The lowest BCUT2D eigenvalue weighted by molar-refractivity contribution is -0.140. The van der Waals surface area contributed by atoms with Crippen molar-refractivity contribution in [1.82, 2.24) is 20.5 Å². The number of nitrogens with one attached hydrogen (secondary N) is 2. The highest BCUT2D eigenvalue weighted by Gasteiger charge is 2.33. The van der Waals surface area contributed by atoms with Crippen molar-refractivity contribution < 1.29 is 22.7 Å². The van der Waals surface area contributed by atoms with Crippen LogP contribution in [0.3, 0.4) is 0 Å². The average Bonchev–Trinajstić information content (AvgIpc) is 3.10. The number of piperidine rings is 1. The third-order valence-electron chi connectivity index (χ3n) is 3.97. The average molecular weight is 521 g/mol. The number of aromatic nitrogens is 1. The van der Waals surface area contributed by atoms with E-state index in [0.717, 1.165) is 29.6 Å². The van der Waals surface area contributed by atoms with E-state index < -0.39 is 11.9 Å². The molecule has 27 heavy (non-hydrogen) atoms. The number of thiazole rings is 1. The van der Waals surface area contributed by atoms with Gasteiger partial charge in [-0.05, 0) is 12.8 Å². The molecule has 2 N–H and O–H groups in total. The Hall–Kier alpha value is -1.31. The predicted octanol–water partition coefficient (Wildman–Crippen LogP) is 2.72. The van der Waals surface area contributed by atoms with Crippen LogP contribution < -0.4 is 10.6 Å². The van der Waals surface area contributed by atoms with Crippen LogP contribution >= 0.6 is 35.3 Å². The number of carbonyl (C=O) groups is 1. The summed E-state index contributed by atoms with van der Waals surface area (Å²) in [5.41, 5.74) is -0.850. The van der Waals surface area contributed by atoms with E-state index in [-0.39, 0.29) is 36.1 Å². The lowest BCUT2D eigenvalue weighted by Gasteiger charge is -2.32. The fourth-order valence-electron chi connectivity index (χ4n) is 2.57. The quantitative estimate of drug-likeness (QED) is 0.362. The Bertz CT molecular complexity index is 633. The van der Waals surface area contributed by atoms with Crippen LogP contribution in [0.15, 0.2) is 10.4 Å². The number of amides is 1. The summed E-state index contributed by atoms with van der Waals surface area (Å²) >= 11 is 0.996. The lowest BCUT2D eigenvalue weighted by Crippen LogP contribution is -2.50. The number of nitrogens with zero attached hydrogens (tertiary/aromatic N) is 3. The van der Waals surface area contributed by atoms with E-state index >= 15 is 0 Å². The molecular formula is C15H23F3IN5O2S. The summed E-state index contributed by atoms with van der Waals surface area (Å²) in [5.74, 6) is 0.578. The van der Waals surface area contributed by atoms with Gasteiger partial charge < -0.3 is 20.3 Å². The summed E-state index contributed by atoms with van der Waals surface area (Å²) in [6, 6.07) is 0.166. The molecule has 2 rings (SSSR count). The molecule has 0 bridgehead atoms. The molecule has 12 heteroatoms. The van der Waals surface area contributed by atoms with Crippen LogP contribution in [0.25, 0.3) is 0 Å². The maximum absolute atomic E-state index is 12.5. The van der Waals surface area contributed by atoms with Crippen molar-refractivity contribution in [3.63, 3.8) is 0 Å². The number of hydrogen-bond donors (Lipinski definition) is 2. The van der Waals surface area contributed by atoms with Gasteiger partial charge in [0.2, 0.25) is 0 Å². The van der Waals surface area contributed by atoms with E-state index in [1.54, 1.807) is 11.9 Å². The molecule has 0 spiro atoms. The molecule has 0 aliphatic carbocycles. The summed E-state index contributed by atoms with van der Waals surface area (Å²) in [6.45, 7) is 1.62. The smallest absolute Gasteiger partial charge is 0.434 e. The SMILES string of the molecule is CN=C(NCCc1nc(C(F)(F)F)cs1)NC1CCN(C(=O)OC)CC1.I. The van der Waals surface area contributed by atoms with E-state index in [9.17, 15) is 18.0 Å². The van der Waals surface area contributed by atoms with Gasteiger partial charge >= 0.3 is 12.3 Å². The highest BCUT2D eigenvalue weighted by atomic mass is 127. The van der Waals surface area contributed by atoms with Gasteiger partial charge in [0.1, 0.15) is 0 Å². The monoisotopic (exact) mass is 521 g/mol. The maximum Gasteiger partial charge on any atom is 0.434 e. The van der Waals surface area contributed by atoms with Crippen LogP contribution in [0.1, 0.15) is 23.5 Å². The van der Waals surface area contributed by atoms with Crippen molar-refractivity contribution in [3.8, 4) is 0 Å². The van der Waals surface area contributed by atoms with Crippen LogP contribution in [0, 0.1) is 0 Å². The molecule has 0 radical (unpaired) electrons. The fourth-order valence-corrected chi connectivity index (χ4v) is 3.37.